The van der Waals surface area contributed by atoms with Gasteiger partial charge in [0.2, 0.25) is 0 Å². The Morgan fingerprint density at radius 2 is 2.08 bits per heavy atom. The van der Waals surface area contributed by atoms with Gasteiger partial charge in [0.15, 0.2) is 0 Å². The summed E-state index contributed by atoms with van der Waals surface area (Å²) in [5.41, 5.74) is 8.29. The van der Waals surface area contributed by atoms with Gasteiger partial charge in [0.1, 0.15) is 0 Å². The number of anilines is 1. The number of nitrogens with one attached hydrogen (secondary N) is 2. The Hall–Kier alpha value is -1.48. The van der Waals surface area contributed by atoms with Gasteiger partial charge in [-0.25, -0.2) is 0 Å². The van der Waals surface area contributed by atoms with E-state index in [4.69, 9.17) is 0 Å². The summed E-state index contributed by atoms with van der Waals surface area (Å²) in [7, 11) is 0. The molecule has 0 spiro atoms. The normalized spacial score (nSPS) is 14.9. The molecule has 0 aliphatic carbocycles. The van der Waals surface area contributed by atoms with E-state index in [2.05, 4.69) is 30.0 Å². The van der Waals surface area contributed by atoms with E-state index in [9.17, 15) is 0 Å². The molecule has 1 aliphatic rings. The van der Waals surface area contributed by atoms with Crippen molar-refractivity contribution in [1.29, 1.82) is 0 Å². The first kappa shape index (κ1) is 7.18. The fourth-order valence-corrected chi connectivity index (χ4v) is 1.23. The number of para-hydroxylation sites is 1. The van der Waals surface area contributed by atoms with Crippen LogP contribution in [0.4, 0.5) is 5.69 Å². The quantitative estimate of drug-likeness (QED) is 0.650. The van der Waals surface area contributed by atoms with Crippen LogP contribution in [0.2, 0.25) is 0 Å². The Bertz CT molecular complexity index is 306. The highest BCUT2D eigenvalue weighted by atomic mass is 15.7. The molecule has 1 heterocycles. The summed E-state index contributed by atoms with van der Waals surface area (Å²) in [6.45, 7) is 2.09. The van der Waals surface area contributed by atoms with E-state index in [1.54, 1.807) is 0 Å². The molecular formula is C9H11N3. The summed E-state index contributed by atoms with van der Waals surface area (Å²) >= 11 is 0. The van der Waals surface area contributed by atoms with Crippen molar-refractivity contribution in [1.82, 2.24) is 11.0 Å². The molecule has 0 amide bonds. The zero-order valence-corrected chi connectivity index (χ0v) is 6.91. The lowest BCUT2D eigenvalue weighted by molar-refractivity contribution is 0.679. The minimum Gasteiger partial charge on any atom is -0.309 e. The SMILES string of the molecule is Cc1ccccc1N1C=CNN1. The van der Waals surface area contributed by atoms with Crippen molar-refractivity contribution in [3.8, 4) is 0 Å². The van der Waals surface area contributed by atoms with E-state index in [-0.39, 0.29) is 0 Å². The molecule has 62 valence electrons. The van der Waals surface area contributed by atoms with Crippen molar-refractivity contribution < 1.29 is 0 Å². The van der Waals surface area contributed by atoms with Crippen molar-refractivity contribution in [2.24, 2.45) is 0 Å². The standard InChI is InChI=1S/C9H11N3/c1-8-4-2-3-5-9(8)12-7-6-10-11-12/h2-7,10-11H,1H3. The van der Waals surface area contributed by atoms with Crippen LogP contribution in [0.3, 0.4) is 0 Å². The highest BCUT2D eigenvalue weighted by Gasteiger charge is 2.06. The molecule has 0 bridgehead atoms. The minimum absolute atomic E-state index is 1.17. The van der Waals surface area contributed by atoms with Gasteiger partial charge >= 0.3 is 0 Å². The van der Waals surface area contributed by atoms with Crippen LogP contribution in [0.15, 0.2) is 36.7 Å². The summed E-state index contributed by atoms with van der Waals surface area (Å²) in [6, 6.07) is 8.21. The summed E-state index contributed by atoms with van der Waals surface area (Å²) in [4.78, 5) is 0. The predicted molar refractivity (Wildman–Crippen MR) is 49.1 cm³/mol. The molecule has 0 unspecified atom stereocenters. The molecule has 12 heavy (non-hydrogen) atoms. The Labute approximate surface area is 71.6 Å². The zero-order valence-electron chi connectivity index (χ0n) is 6.91. The van der Waals surface area contributed by atoms with E-state index in [1.807, 2.05) is 29.5 Å². The fourth-order valence-electron chi connectivity index (χ4n) is 1.23. The molecule has 1 aliphatic heterocycles. The van der Waals surface area contributed by atoms with Crippen molar-refractivity contribution in [3.05, 3.63) is 42.2 Å². The molecule has 3 nitrogen and oxygen atoms in total. The Morgan fingerprint density at radius 3 is 2.75 bits per heavy atom. The minimum atomic E-state index is 1.17. The molecule has 2 rings (SSSR count). The molecule has 1 aromatic carbocycles. The van der Waals surface area contributed by atoms with Gasteiger partial charge < -0.3 is 5.43 Å². The summed E-state index contributed by atoms with van der Waals surface area (Å²) in [6.07, 6.45) is 3.80. The fraction of sp³-hybridized carbons (Fsp3) is 0.111. The predicted octanol–water partition coefficient (Wildman–Crippen LogP) is 1.30. The number of aryl methyl sites for hydroxylation is 1. The zero-order chi connectivity index (χ0) is 8.39. The maximum Gasteiger partial charge on any atom is 0.0618 e. The lowest BCUT2D eigenvalue weighted by Crippen LogP contribution is -2.35. The van der Waals surface area contributed by atoms with Crippen LogP contribution in [0.5, 0.6) is 0 Å². The maximum absolute atomic E-state index is 2.99. The van der Waals surface area contributed by atoms with Crippen LogP contribution in [0.25, 0.3) is 0 Å². The maximum atomic E-state index is 2.99. The van der Waals surface area contributed by atoms with Gasteiger partial charge in [0.05, 0.1) is 5.69 Å². The van der Waals surface area contributed by atoms with Gasteiger partial charge in [-0.15, -0.1) is 5.53 Å². The number of rotatable bonds is 1. The number of benzene rings is 1. The summed E-state index contributed by atoms with van der Waals surface area (Å²) < 4.78 is 0. The van der Waals surface area contributed by atoms with Gasteiger partial charge in [-0.1, -0.05) is 18.2 Å². The highest BCUT2D eigenvalue weighted by molar-refractivity contribution is 5.54. The Morgan fingerprint density at radius 1 is 1.25 bits per heavy atom. The number of nitrogens with zero attached hydrogens (tertiary/aromatic N) is 1. The molecule has 0 saturated carbocycles. The van der Waals surface area contributed by atoms with Gasteiger partial charge in [-0.2, -0.15) is 0 Å². The van der Waals surface area contributed by atoms with E-state index in [1.165, 1.54) is 11.3 Å². The molecular weight excluding hydrogens is 150 g/mol. The first-order valence-electron chi connectivity index (χ1n) is 3.90. The molecule has 1 aromatic rings. The first-order valence-corrected chi connectivity index (χ1v) is 3.90. The molecule has 0 saturated heterocycles. The molecule has 0 radical (unpaired) electrons. The van der Waals surface area contributed by atoms with Gasteiger partial charge in [0.25, 0.3) is 0 Å². The van der Waals surface area contributed by atoms with E-state index in [0.717, 1.165) is 0 Å². The highest BCUT2D eigenvalue weighted by Crippen LogP contribution is 2.18. The molecule has 2 N–H and O–H groups in total. The van der Waals surface area contributed by atoms with Crippen molar-refractivity contribution in [3.63, 3.8) is 0 Å². The van der Waals surface area contributed by atoms with Gasteiger partial charge in [-0.05, 0) is 18.6 Å². The second-order valence-electron chi connectivity index (χ2n) is 2.73. The Kier molecular flexibility index (Phi) is 1.72. The average Bonchev–Trinajstić information content (AvgIpc) is 2.57. The van der Waals surface area contributed by atoms with Crippen LogP contribution in [0, 0.1) is 6.92 Å². The van der Waals surface area contributed by atoms with Crippen LogP contribution >= 0.6 is 0 Å². The average molecular weight is 161 g/mol. The third kappa shape index (κ3) is 1.14. The molecule has 3 heteroatoms. The summed E-state index contributed by atoms with van der Waals surface area (Å²) in [5, 5.41) is 1.94. The first-order chi connectivity index (χ1) is 5.88. The van der Waals surface area contributed by atoms with Gasteiger partial charge in [-0.3, -0.25) is 5.01 Å². The second-order valence-corrected chi connectivity index (χ2v) is 2.73. The topological polar surface area (TPSA) is 27.3 Å². The monoisotopic (exact) mass is 161 g/mol. The van der Waals surface area contributed by atoms with E-state index < -0.39 is 0 Å². The smallest absolute Gasteiger partial charge is 0.0618 e. The lowest BCUT2D eigenvalue weighted by Gasteiger charge is -2.17. The second kappa shape index (κ2) is 2.87. The Balaban J connectivity index is 2.33. The lowest BCUT2D eigenvalue weighted by atomic mass is 10.2. The third-order valence-corrected chi connectivity index (χ3v) is 1.87. The molecule has 0 fully saturated rings. The van der Waals surface area contributed by atoms with Crippen LogP contribution < -0.4 is 16.0 Å². The number of hydrazine groups is 2. The summed E-state index contributed by atoms with van der Waals surface area (Å²) in [5.74, 6) is 0. The molecule has 0 atom stereocenters. The molecule has 0 aromatic heterocycles. The number of hydrogen-bond acceptors (Lipinski definition) is 3. The van der Waals surface area contributed by atoms with E-state index in [0.29, 0.717) is 0 Å². The van der Waals surface area contributed by atoms with Crippen LogP contribution in [0.1, 0.15) is 5.56 Å². The van der Waals surface area contributed by atoms with E-state index >= 15 is 0 Å². The van der Waals surface area contributed by atoms with Crippen molar-refractivity contribution in [2.75, 3.05) is 5.01 Å². The van der Waals surface area contributed by atoms with Crippen LogP contribution in [-0.4, -0.2) is 0 Å². The van der Waals surface area contributed by atoms with Crippen LogP contribution in [-0.2, 0) is 0 Å². The largest absolute Gasteiger partial charge is 0.309 e. The third-order valence-electron chi connectivity index (χ3n) is 1.87. The van der Waals surface area contributed by atoms with Gasteiger partial charge in [0, 0.05) is 12.4 Å². The van der Waals surface area contributed by atoms with Crippen molar-refractivity contribution in [2.45, 2.75) is 6.92 Å². The number of hydrogen-bond donors (Lipinski definition) is 2. The van der Waals surface area contributed by atoms with Crippen molar-refractivity contribution >= 4 is 5.69 Å².